The van der Waals surface area contributed by atoms with Crippen molar-refractivity contribution in [1.29, 1.82) is 0 Å². The Balaban J connectivity index is 2.16. The number of hydrogen-bond donors (Lipinski definition) is 1. The molecule has 1 N–H and O–H groups in total. The van der Waals surface area contributed by atoms with Crippen molar-refractivity contribution in [2.24, 2.45) is 5.92 Å². The quantitative estimate of drug-likeness (QED) is 0.574. The lowest BCUT2D eigenvalue weighted by Gasteiger charge is -2.29. The first-order chi connectivity index (χ1) is 12.9. The Morgan fingerprint density at radius 1 is 1.26 bits per heavy atom. The third kappa shape index (κ3) is 5.96. The van der Waals surface area contributed by atoms with Gasteiger partial charge in [-0.15, -0.1) is 0 Å². The molecular formula is C19H25FN2O5. The molecule has 0 radical (unpaired) electrons. The van der Waals surface area contributed by atoms with E-state index < -0.39 is 17.8 Å². The van der Waals surface area contributed by atoms with E-state index in [4.69, 9.17) is 4.74 Å². The Morgan fingerprint density at radius 3 is 2.59 bits per heavy atom. The zero-order valence-corrected chi connectivity index (χ0v) is 15.8. The van der Waals surface area contributed by atoms with E-state index in [1.54, 1.807) is 6.07 Å². The normalized spacial score (nSPS) is 15.9. The van der Waals surface area contributed by atoms with Gasteiger partial charge in [-0.25, -0.2) is 14.0 Å². The number of nitrogens with one attached hydrogen (secondary N) is 1. The maximum Gasteiger partial charge on any atom is 0.354 e. The zero-order valence-electron chi connectivity index (χ0n) is 15.8. The molecule has 0 unspecified atom stereocenters. The Bertz CT molecular complexity index is 699. The van der Waals surface area contributed by atoms with Crippen molar-refractivity contribution in [2.75, 3.05) is 46.3 Å². The van der Waals surface area contributed by atoms with Gasteiger partial charge in [0, 0.05) is 0 Å². The van der Waals surface area contributed by atoms with Gasteiger partial charge in [0.05, 0.1) is 26.9 Å². The molecule has 7 nitrogen and oxygen atoms in total. The van der Waals surface area contributed by atoms with E-state index in [0.717, 1.165) is 39.1 Å². The number of para-hydroxylation sites is 1. The number of halogens is 1. The molecule has 0 aromatic heterocycles. The Labute approximate surface area is 158 Å². The summed E-state index contributed by atoms with van der Waals surface area (Å²) in [7, 11) is 4.41. The summed E-state index contributed by atoms with van der Waals surface area (Å²) >= 11 is 0. The van der Waals surface area contributed by atoms with Gasteiger partial charge in [-0.3, -0.25) is 0 Å². The highest BCUT2D eigenvalue weighted by atomic mass is 19.1. The summed E-state index contributed by atoms with van der Waals surface area (Å²) in [4.78, 5) is 25.6. The monoisotopic (exact) mass is 380 g/mol. The van der Waals surface area contributed by atoms with Gasteiger partial charge in [-0.05, 0) is 51.0 Å². The van der Waals surface area contributed by atoms with E-state index in [0.29, 0.717) is 12.5 Å². The van der Waals surface area contributed by atoms with Crippen LogP contribution in [0, 0.1) is 11.7 Å². The van der Waals surface area contributed by atoms with Crippen molar-refractivity contribution in [3.05, 3.63) is 35.8 Å². The highest BCUT2D eigenvalue weighted by molar-refractivity contribution is 5.99. The smallest absolute Gasteiger partial charge is 0.354 e. The molecule has 148 valence electrons. The maximum absolute atomic E-state index is 14.4. The van der Waals surface area contributed by atoms with Gasteiger partial charge in [0.1, 0.15) is 23.0 Å². The van der Waals surface area contributed by atoms with E-state index in [9.17, 15) is 14.0 Å². The van der Waals surface area contributed by atoms with Crippen LogP contribution in [0.4, 0.5) is 10.1 Å². The number of esters is 2. The number of carbonyl (C=O) groups excluding carboxylic acids is 2. The molecule has 1 aromatic carbocycles. The molecule has 1 fully saturated rings. The number of piperidine rings is 1. The number of methoxy groups -OCH3 is 2. The van der Waals surface area contributed by atoms with Crippen molar-refractivity contribution in [2.45, 2.75) is 12.8 Å². The van der Waals surface area contributed by atoms with Gasteiger partial charge < -0.3 is 24.4 Å². The van der Waals surface area contributed by atoms with Crippen molar-refractivity contribution in [3.8, 4) is 5.75 Å². The van der Waals surface area contributed by atoms with Crippen LogP contribution in [-0.2, 0) is 19.1 Å². The van der Waals surface area contributed by atoms with Crippen LogP contribution in [0.3, 0.4) is 0 Å². The summed E-state index contributed by atoms with van der Waals surface area (Å²) < 4.78 is 29.3. The highest BCUT2D eigenvalue weighted by Gasteiger charge is 2.20. The SMILES string of the molecule is COC(=O)/C=C(/Nc1c(F)cccc1OCC1CCN(C)CC1)C(=O)OC. The van der Waals surface area contributed by atoms with Gasteiger partial charge in [0.25, 0.3) is 0 Å². The lowest BCUT2D eigenvalue weighted by atomic mass is 9.98. The minimum Gasteiger partial charge on any atom is -0.491 e. The average Bonchev–Trinajstić information content (AvgIpc) is 2.68. The largest absolute Gasteiger partial charge is 0.491 e. The topological polar surface area (TPSA) is 77.1 Å². The molecule has 0 bridgehead atoms. The van der Waals surface area contributed by atoms with Gasteiger partial charge in [-0.1, -0.05) is 6.07 Å². The van der Waals surface area contributed by atoms with Crippen molar-refractivity contribution in [3.63, 3.8) is 0 Å². The zero-order chi connectivity index (χ0) is 19.8. The number of hydrogen-bond acceptors (Lipinski definition) is 7. The molecule has 1 heterocycles. The predicted molar refractivity (Wildman–Crippen MR) is 97.9 cm³/mol. The van der Waals surface area contributed by atoms with Crippen LogP contribution in [0.15, 0.2) is 30.0 Å². The van der Waals surface area contributed by atoms with E-state index in [2.05, 4.69) is 26.7 Å². The van der Waals surface area contributed by atoms with E-state index >= 15 is 0 Å². The number of rotatable bonds is 7. The third-order valence-corrected chi connectivity index (χ3v) is 4.42. The van der Waals surface area contributed by atoms with Crippen molar-refractivity contribution in [1.82, 2.24) is 4.90 Å². The third-order valence-electron chi connectivity index (χ3n) is 4.42. The van der Waals surface area contributed by atoms with Crippen molar-refractivity contribution < 1.29 is 28.2 Å². The van der Waals surface area contributed by atoms with Crippen LogP contribution in [0.2, 0.25) is 0 Å². The summed E-state index contributed by atoms with van der Waals surface area (Å²) in [5.41, 5.74) is -0.287. The van der Waals surface area contributed by atoms with Crippen molar-refractivity contribution >= 4 is 17.6 Å². The minimum atomic E-state index is -0.829. The molecule has 1 aliphatic rings. The van der Waals surface area contributed by atoms with Crippen LogP contribution in [0.25, 0.3) is 0 Å². The van der Waals surface area contributed by atoms with E-state index in [-0.39, 0.29) is 17.1 Å². The molecule has 0 saturated carbocycles. The van der Waals surface area contributed by atoms with Gasteiger partial charge >= 0.3 is 11.9 Å². The van der Waals surface area contributed by atoms with Gasteiger partial charge in [0.15, 0.2) is 0 Å². The number of carbonyl (C=O) groups is 2. The molecule has 0 amide bonds. The molecule has 27 heavy (non-hydrogen) atoms. The minimum absolute atomic E-state index is 0.0361. The number of benzene rings is 1. The number of anilines is 1. The first kappa shape index (κ1) is 20.7. The number of likely N-dealkylation sites (tertiary alicyclic amines) is 1. The predicted octanol–water partition coefficient (Wildman–Crippen LogP) is 2.19. The molecule has 2 rings (SSSR count). The molecule has 1 aliphatic heterocycles. The fourth-order valence-corrected chi connectivity index (χ4v) is 2.75. The Hall–Kier alpha value is -2.61. The summed E-state index contributed by atoms with van der Waals surface area (Å²) in [6.45, 7) is 2.44. The standard InChI is InChI=1S/C19H25FN2O5/c1-22-9-7-13(8-10-22)12-27-16-6-4-5-14(20)18(16)21-15(19(24)26-3)11-17(23)25-2/h4-6,11,13,21H,7-10,12H2,1-3H3/b15-11+. The second kappa shape index (κ2) is 9.91. The first-order valence-electron chi connectivity index (χ1n) is 8.69. The molecule has 1 saturated heterocycles. The summed E-state index contributed by atoms with van der Waals surface area (Å²) in [5.74, 6) is -1.58. The fraction of sp³-hybridized carbons (Fsp3) is 0.474. The second-order valence-corrected chi connectivity index (χ2v) is 6.37. The van der Waals surface area contributed by atoms with Crippen LogP contribution < -0.4 is 10.1 Å². The van der Waals surface area contributed by atoms with Crippen LogP contribution in [-0.4, -0.2) is 57.8 Å². The lowest BCUT2D eigenvalue weighted by molar-refractivity contribution is -0.138. The highest BCUT2D eigenvalue weighted by Crippen LogP contribution is 2.30. The first-order valence-corrected chi connectivity index (χ1v) is 8.69. The summed E-state index contributed by atoms with van der Waals surface area (Å²) in [6, 6.07) is 4.36. The van der Waals surface area contributed by atoms with Crippen LogP contribution >= 0.6 is 0 Å². The fourth-order valence-electron chi connectivity index (χ4n) is 2.75. The summed E-state index contributed by atoms with van der Waals surface area (Å²) in [5, 5.41) is 2.60. The van der Waals surface area contributed by atoms with E-state index in [1.807, 2.05) is 0 Å². The maximum atomic E-state index is 14.4. The van der Waals surface area contributed by atoms with Gasteiger partial charge in [-0.2, -0.15) is 0 Å². The van der Waals surface area contributed by atoms with Gasteiger partial charge in [0.2, 0.25) is 0 Å². The molecule has 8 heteroatoms. The molecule has 0 atom stereocenters. The Kier molecular flexibility index (Phi) is 7.60. The Morgan fingerprint density at radius 2 is 1.96 bits per heavy atom. The lowest BCUT2D eigenvalue weighted by Crippen LogP contribution is -2.32. The number of nitrogens with zero attached hydrogens (tertiary/aromatic N) is 1. The number of ether oxygens (including phenoxy) is 3. The molecule has 0 spiro atoms. The average molecular weight is 380 g/mol. The van der Waals surface area contributed by atoms with E-state index in [1.165, 1.54) is 19.2 Å². The van der Waals surface area contributed by atoms with Crippen LogP contribution in [0.1, 0.15) is 12.8 Å². The molecule has 1 aromatic rings. The molecular weight excluding hydrogens is 355 g/mol. The molecule has 0 aliphatic carbocycles. The van der Waals surface area contributed by atoms with Crippen LogP contribution in [0.5, 0.6) is 5.75 Å². The summed E-state index contributed by atoms with van der Waals surface area (Å²) in [6.07, 6.45) is 2.91. The second-order valence-electron chi connectivity index (χ2n) is 6.37.